The van der Waals surface area contributed by atoms with Crippen molar-refractivity contribution in [1.82, 2.24) is 9.97 Å². The third kappa shape index (κ3) is 5.98. The summed E-state index contributed by atoms with van der Waals surface area (Å²) in [6.45, 7) is 0. The van der Waals surface area contributed by atoms with Crippen LogP contribution in [0.3, 0.4) is 0 Å². The number of benzene rings is 8. The van der Waals surface area contributed by atoms with Crippen LogP contribution >= 0.6 is 0 Å². The molecule has 0 fully saturated rings. The first-order valence-electron chi connectivity index (χ1n) is 18.7. The van der Waals surface area contributed by atoms with Crippen molar-refractivity contribution in [3.05, 3.63) is 212 Å². The van der Waals surface area contributed by atoms with Gasteiger partial charge in [-0.2, -0.15) is 0 Å². The minimum absolute atomic E-state index is 0.940. The van der Waals surface area contributed by atoms with E-state index in [0.717, 1.165) is 78.1 Å². The smallest absolute Gasteiger partial charge is 0.0956 e. The molecule has 2 aromatic heterocycles. The fourth-order valence-electron chi connectivity index (χ4n) is 7.81. The average molecular weight is 702 g/mol. The Morgan fingerprint density at radius 1 is 0.327 bits per heavy atom. The zero-order valence-electron chi connectivity index (χ0n) is 30.0. The normalized spacial score (nSPS) is 11.3. The highest BCUT2D eigenvalue weighted by molar-refractivity contribution is 6.24. The predicted molar refractivity (Wildman–Crippen MR) is 231 cm³/mol. The lowest BCUT2D eigenvalue weighted by Gasteiger charge is -2.27. The van der Waals surface area contributed by atoms with Gasteiger partial charge < -0.3 is 4.90 Å². The Bertz CT molecular complexity index is 2850. The van der Waals surface area contributed by atoms with Crippen LogP contribution in [0.1, 0.15) is 0 Å². The van der Waals surface area contributed by atoms with Crippen LogP contribution in [0.25, 0.3) is 77.3 Å². The maximum Gasteiger partial charge on any atom is 0.0956 e. The molecule has 10 rings (SSSR count). The van der Waals surface area contributed by atoms with E-state index in [2.05, 4.69) is 211 Å². The maximum atomic E-state index is 5.54. The first-order chi connectivity index (χ1) is 27.3. The Labute approximate surface area is 320 Å². The number of para-hydroxylation sites is 3. The zero-order chi connectivity index (χ0) is 36.6. The minimum atomic E-state index is 0.940. The number of pyridine rings is 2. The Kier molecular flexibility index (Phi) is 8.16. The van der Waals surface area contributed by atoms with Crippen LogP contribution in [0.4, 0.5) is 17.1 Å². The lowest BCUT2D eigenvalue weighted by molar-refractivity contribution is 1.28. The number of hydrogen-bond donors (Lipinski definition) is 0. The average Bonchev–Trinajstić information content (AvgIpc) is 3.27. The monoisotopic (exact) mass is 701 g/mol. The van der Waals surface area contributed by atoms with Crippen molar-refractivity contribution < 1.29 is 0 Å². The summed E-state index contributed by atoms with van der Waals surface area (Å²) in [5.74, 6) is 0. The molecule has 0 aliphatic carbocycles. The molecule has 3 nitrogen and oxygen atoms in total. The van der Waals surface area contributed by atoms with Gasteiger partial charge in [0.15, 0.2) is 0 Å². The van der Waals surface area contributed by atoms with Crippen LogP contribution in [0.2, 0.25) is 0 Å². The number of rotatable bonds is 7. The second-order valence-electron chi connectivity index (χ2n) is 13.8. The van der Waals surface area contributed by atoms with E-state index in [4.69, 9.17) is 9.97 Å². The molecule has 2 heterocycles. The summed E-state index contributed by atoms with van der Waals surface area (Å²) in [6, 6.07) is 74.9. The topological polar surface area (TPSA) is 29.0 Å². The van der Waals surface area contributed by atoms with Crippen molar-refractivity contribution in [3.63, 3.8) is 0 Å². The molecule has 0 aliphatic heterocycles. The third-order valence-electron chi connectivity index (χ3n) is 10.4. The van der Waals surface area contributed by atoms with Gasteiger partial charge in [0.25, 0.3) is 0 Å². The van der Waals surface area contributed by atoms with Gasteiger partial charge in [0.2, 0.25) is 0 Å². The first-order valence-corrected chi connectivity index (χ1v) is 18.7. The van der Waals surface area contributed by atoms with Crippen molar-refractivity contribution in [3.8, 4) is 44.9 Å². The number of anilines is 3. The Morgan fingerprint density at radius 3 is 1.51 bits per heavy atom. The zero-order valence-corrected chi connectivity index (χ0v) is 30.0. The molecule has 258 valence electrons. The molecular formula is C52H35N3. The minimum Gasteiger partial charge on any atom is -0.308 e. The molecule has 0 aliphatic rings. The van der Waals surface area contributed by atoms with Gasteiger partial charge in [0.1, 0.15) is 0 Å². The van der Waals surface area contributed by atoms with Gasteiger partial charge in [-0.3, -0.25) is 0 Å². The molecular weight excluding hydrogens is 667 g/mol. The van der Waals surface area contributed by atoms with Crippen LogP contribution in [-0.4, -0.2) is 9.97 Å². The summed E-state index contributed by atoms with van der Waals surface area (Å²) in [6.07, 6.45) is 0. The molecule has 3 heteroatoms. The van der Waals surface area contributed by atoms with Crippen LogP contribution < -0.4 is 4.90 Å². The molecule has 55 heavy (non-hydrogen) atoms. The lowest BCUT2D eigenvalue weighted by Crippen LogP contribution is -2.11. The quantitative estimate of drug-likeness (QED) is 0.155. The van der Waals surface area contributed by atoms with Crippen LogP contribution in [0.15, 0.2) is 212 Å². The Morgan fingerprint density at radius 2 is 0.873 bits per heavy atom. The highest BCUT2D eigenvalue weighted by Gasteiger charge is 2.20. The Hall–Kier alpha value is -7.36. The van der Waals surface area contributed by atoms with Gasteiger partial charge >= 0.3 is 0 Å². The second kappa shape index (κ2) is 13.9. The van der Waals surface area contributed by atoms with Crippen molar-refractivity contribution in [2.45, 2.75) is 0 Å². The summed E-state index contributed by atoms with van der Waals surface area (Å²) in [7, 11) is 0. The summed E-state index contributed by atoms with van der Waals surface area (Å²) < 4.78 is 0. The van der Waals surface area contributed by atoms with Gasteiger partial charge in [-0.25, -0.2) is 9.97 Å². The van der Waals surface area contributed by atoms with Crippen molar-refractivity contribution in [2.24, 2.45) is 0 Å². The molecule has 0 radical (unpaired) electrons. The molecule has 10 aromatic rings. The Balaban J connectivity index is 1.22. The molecule has 0 bridgehead atoms. The fraction of sp³-hybridized carbons (Fsp3) is 0. The molecule has 0 amide bonds. The van der Waals surface area contributed by atoms with E-state index in [0.29, 0.717) is 0 Å². The van der Waals surface area contributed by atoms with E-state index in [-0.39, 0.29) is 0 Å². The van der Waals surface area contributed by atoms with E-state index in [1.165, 1.54) is 16.3 Å². The number of fused-ring (bicyclic) bond motifs is 5. The highest BCUT2D eigenvalue weighted by Crippen LogP contribution is 2.44. The standard InChI is InChI=1S/C52H35N3/c1-6-17-36(18-7-1)41-34-47(37-19-8-2-9-20-37)53-48(35-41)40-30-31-44-39(33-40)29-32-46-50(44)45-27-16-28-49(52(45)54-51(46)38-21-10-3-11-22-38)55(42-23-12-4-13-24-42)43-25-14-5-15-26-43/h1-35H. The van der Waals surface area contributed by atoms with Gasteiger partial charge in [0.05, 0.1) is 28.3 Å². The summed E-state index contributed by atoms with van der Waals surface area (Å²) >= 11 is 0. The highest BCUT2D eigenvalue weighted by atomic mass is 15.1. The molecule has 0 N–H and O–H groups in total. The van der Waals surface area contributed by atoms with Crippen LogP contribution in [0, 0.1) is 0 Å². The molecule has 0 unspecified atom stereocenters. The van der Waals surface area contributed by atoms with Crippen molar-refractivity contribution in [1.29, 1.82) is 0 Å². The predicted octanol–water partition coefficient (Wildman–Crippen LogP) is 14.1. The van der Waals surface area contributed by atoms with Crippen molar-refractivity contribution >= 4 is 49.5 Å². The number of nitrogens with zero attached hydrogens (tertiary/aromatic N) is 3. The summed E-state index contributed by atoms with van der Waals surface area (Å²) in [5, 5.41) is 5.75. The maximum absolute atomic E-state index is 5.54. The second-order valence-corrected chi connectivity index (χ2v) is 13.8. The number of aromatic nitrogens is 2. The van der Waals surface area contributed by atoms with Gasteiger partial charge in [-0.05, 0) is 70.4 Å². The van der Waals surface area contributed by atoms with Gasteiger partial charge in [-0.15, -0.1) is 0 Å². The van der Waals surface area contributed by atoms with Gasteiger partial charge in [0, 0.05) is 44.2 Å². The van der Waals surface area contributed by atoms with E-state index < -0.39 is 0 Å². The molecule has 8 aromatic carbocycles. The van der Waals surface area contributed by atoms with E-state index in [1.807, 2.05) is 6.07 Å². The summed E-state index contributed by atoms with van der Waals surface area (Å²) in [4.78, 5) is 13.1. The molecule has 0 saturated carbocycles. The molecule has 0 saturated heterocycles. The van der Waals surface area contributed by atoms with E-state index in [9.17, 15) is 0 Å². The summed E-state index contributed by atoms with van der Waals surface area (Å²) in [5.41, 5.74) is 12.5. The molecule has 0 atom stereocenters. The number of hydrogen-bond acceptors (Lipinski definition) is 3. The first kappa shape index (κ1) is 32.3. The van der Waals surface area contributed by atoms with E-state index in [1.54, 1.807) is 0 Å². The third-order valence-corrected chi connectivity index (χ3v) is 10.4. The van der Waals surface area contributed by atoms with Crippen molar-refractivity contribution in [2.75, 3.05) is 4.90 Å². The van der Waals surface area contributed by atoms with E-state index >= 15 is 0 Å². The SMILES string of the molecule is c1ccc(-c2cc(-c3ccccc3)nc(-c3ccc4c(ccc5c(-c6ccccc6)nc6c(N(c7ccccc7)c7ccccc7)cccc6c54)c3)c2)cc1. The van der Waals surface area contributed by atoms with Gasteiger partial charge in [-0.1, -0.05) is 164 Å². The van der Waals surface area contributed by atoms with Crippen LogP contribution in [0.5, 0.6) is 0 Å². The fourth-order valence-corrected chi connectivity index (χ4v) is 7.81. The lowest BCUT2D eigenvalue weighted by atomic mass is 9.93. The largest absolute Gasteiger partial charge is 0.308 e. The molecule has 0 spiro atoms. The van der Waals surface area contributed by atoms with Crippen LogP contribution in [-0.2, 0) is 0 Å².